The van der Waals surface area contributed by atoms with Crippen molar-refractivity contribution in [3.05, 3.63) is 64.7 Å². The number of ether oxygens (including phenoxy) is 1. The summed E-state index contributed by atoms with van der Waals surface area (Å²) in [7, 11) is 1.27. The van der Waals surface area contributed by atoms with Crippen molar-refractivity contribution in [3.63, 3.8) is 0 Å². The largest absolute Gasteiger partial charge is 0.508 e. The molecule has 36 heavy (non-hydrogen) atoms. The van der Waals surface area contributed by atoms with Gasteiger partial charge in [-0.3, -0.25) is 9.59 Å². The average Bonchev–Trinajstić information content (AvgIpc) is 2.88. The molecule has 194 valence electrons. The molecule has 0 radical (unpaired) electrons. The first-order chi connectivity index (χ1) is 17.3. The van der Waals surface area contributed by atoms with Crippen LogP contribution in [0.25, 0.3) is 0 Å². The summed E-state index contributed by atoms with van der Waals surface area (Å²) in [6.45, 7) is 1.83. The van der Waals surface area contributed by atoms with E-state index >= 15 is 0 Å². The molecule has 1 saturated carbocycles. The number of hydrogen-bond donors (Lipinski definition) is 3. The number of carbonyl (C=O) groups excluding carboxylic acids is 3. The molecule has 0 bridgehead atoms. The minimum absolute atomic E-state index is 0.00972. The van der Waals surface area contributed by atoms with Gasteiger partial charge in [0.1, 0.15) is 17.8 Å². The Hall–Kier alpha value is -3.06. The van der Waals surface area contributed by atoms with Crippen molar-refractivity contribution in [1.82, 2.24) is 10.6 Å². The van der Waals surface area contributed by atoms with E-state index in [0.29, 0.717) is 17.0 Å². The van der Waals surface area contributed by atoms with Crippen LogP contribution in [-0.2, 0) is 32.0 Å². The second-order valence-electron chi connectivity index (χ2n) is 9.57. The lowest BCUT2D eigenvalue weighted by molar-refractivity contribution is -0.145. The Kier molecular flexibility index (Phi) is 10.2. The molecule has 3 rings (SSSR count). The zero-order valence-corrected chi connectivity index (χ0v) is 21.6. The predicted molar refractivity (Wildman–Crippen MR) is 139 cm³/mol. The molecule has 0 spiro atoms. The highest BCUT2D eigenvalue weighted by atomic mass is 35.5. The van der Waals surface area contributed by atoms with Gasteiger partial charge in [-0.15, -0.1) is 0 Å². The third-order valence-corrected chi connectivity index (χ3v) is 7.01. The van der Waals surface area contributed by atoms with Crippen LogP contribution in [0.15, 0.2) is 48.5 Å². The predicted octanol–water partition coefficient (Wildman–Crippen LogP) is 4.19. The van der Waals surface area contributed by atoms with E-state index in [4.69, 9.17) is 16.3 Å². The summed E-state index contributed by atoms with van der Waals surface area (Å²) in [4.78, 5) is 39.1. The van der Waals surface area contributed by atoms with Crippen molar-refractivity contribution in [2.45, 2.75) is 64.0 Å². The first kappa shape index (κ1) is 27.5. The van der Waals surface area contributed by atoms with Crippen LogP contribution < -0.4 is 10.6 Å². The summed E-state index contributed by atoms with van der Waals surface area (Å²) in [5.74, 6) is -1.48. The molecule has 3 atom stereocenters. The molecule has 1 unspecified atom stereocenters. The summed E-state index contributed by atoms with van der Waals surface area (Å²) in [5.41, 5.74) is 1.66. The van der Waals surface area contributed by atoms with Gasteiger partial charge in [0.25, 0.3) is 0 Å². The third kappa shape index (κ3) is 7.98. The van der Waals surface area contributed by atoms with E-state index < -0.39 is 24.0 Å². The average molecular weight is 515 g/mol. The molecular weight excluding hydrogens is 480 g/mol. The van der Waals surface area contributed by atoms with Crippen molar-refractivity contribution < 1.29 is 24.2 Å². The summed E-state index contributed by atoms with van der Waals surface area (Å²) in [6.07, 6.45) is 5.44. The highest BCUT2D eigenvalue weighted by Gasteiger charge is 2.34. The number of esters is 1. The summed E-state index contributed by atoms with van der Waals surface area (Å²) < 4.78 is 4.92. The number of nitrogens with one attached hydrogen (secondary N) is 2. The van der Waals surface area contributed by atoms with Crippen molar-refractivity contribution in [3.8, 4) is 5.75 Å². The van der Waals surface area contributed by atoms with Gasteiger partial charge in [-0.05, 0) is 60.6 Å². The molecule has 2 aromatic rings. The number of phenolic OH excluding ortho intramolecular Hbond substituents is 1. The zero-order chi connectivity index (χ0) is 26.1. The highest BCUT2D eigenvalue weighted by Crippen LogP contribution is 2.27. The van der Waals surface area contributed by atoms with Crippen LogP contribution >= 0.6 is 11.6 Å². The first-order valence-electron chi connectivity index (χ1n) is 12.5. The number of halogens is 1. The fourth-order valence-corrected chi connectivity index (χ4v) is 4.87. The molecule has 1 aliphatic rings. The molecule has 8 heteroatoms. The number of aromatic hydroxyl groups is 1. The normalized spacial score (nSPS) is 16.4. The lowest BCUT2D eigenvalue weighted by Crippen LogP contribution is -2.56. The number of carbonyl (C=O) groups is 3. The van der Waals surface area contributed by atoms with Crippen LogP contribution in [0.2, 0.25) is 5.02 Å². The van der Waals surface area contributed by atoms with E-state index in [1.807, 2.05) is 19.1 Å². The van der Waals surface area contributed by atoms with Gasteiger partial charge in [0.05, 0.1) is 7.11 Å². The third-order valence-electron chi connectivity index (χ3n) is 6.76. The van der Waals surface area contributed by atoms with Gasteiger partial charge in [-0.25, -0.2) is 4.79 Å². The van der Waals surface area contributed by atoms with Crippen LogP contribution in [-0.4, -0.2) is 42.1 Å². The van der Waals surface area contributed by atoms with Crippen LogP contribution in [0, 0.1) is 11.8 Å². The Morgan fingerprint density at radius 3 is 2.31 bits per heavy atom. The fourth-order valence-electron chi connectivity index (χ4n) is 4.74. The Morgan fingerprint density at radius 1 is 0.972 bits per heavy atom. The number of rotatable bonds is 10. The van der Waals surface area contributed by atoms with E-state index in [-0.39, 0.29) is 29.9 Å². The molecule has 2 aromatic carbocycles. The van der Waals surface area contributed by atoms with E-state index in [2.05, 4.69) is 10.6 Å². The van der Waals surface area contributed by atoms with Crippen molar-refractivity contribution in [2.24, 2.45) is 11.8 Å². The summed E-state index contributed by atoms with van der Waals surface area (Å²) in [6, 6.07) is 12.2. The SMILES string of the molecule is COC(=O)C(Cc1cccc(O)c1)NC(=O)[C@@H](NC(=O)[C@@H](C)Cc1ccc(Cl)cc1)C1CCCCC1. The van der Waals surface area contributed by atoms with Gasteiger partial charge in [-0.2, -0.15) is 0 Å². The molecule has 1 aliphatic carbocycles. The lowest BCUT2D eigenvalue weighted by atomic mass is 9.83. The van der Waals surface area contributed by atoms with Gasteiger partial charge < -0.3 is 20.5 Å². The second kappa shape index (κ2) is 13.3. The summed E-state index contributed by atoms with van der Waals surface area (Å²) in [5, 5.41) is 16.2. The number of methoxy groups -OCH3 is 1. The Bertz CT molecular complexity index is 1040. The maximum atomic E-state index is 13.5. The molecule has 0 saturated heterocycles. The first-order valence-corrected chi connectivity index (χ1v) is 12.9. The minimum Gasteiger partial charge on any atom is -0.508 e. The van der Waals surface area contributed by atoms with Gasteiger partial charge in [0.2, 0.25) is 11.8 Å². The number of benzene rings is 2. The second-order valence-corrected chi connectivity index (χ2v) is 10.0. The van der Waals surface area contributed by atoms with Crippen LogP contribution in [0.1, 0.15) is 50.2 Å². The van der Waals surface area contributed by atoms with Crippen molar-refractivity contribution in [1.29, 1.82) is 0 Å². The monoisotopic (exact) mass is 514 g/mol. The smallest absolute Gasteiger partial charge is 0.328 e. The maximum absolute atomic E-state index is 13.5. The molecule has 3 N–H and O–H groups in total. The van der Waals surface area contributed by atoms with Gasteiger partial charge >= 0.3 is 5.97 Å². The number of amides is 2. The molecule has 0 aliphatic heterocycles. The quantitative estimate of drug-likeness (QED) is 0.412. The Balaban J connectivity index is 1.73. The Labute approximate surface area is 217 Å². The lowest BCUT2D eigenvalue weighted by Gasteiger charge is -2.32. The standard InChI is InChI=1S/C28H35ClN2O5/c1-18(15-19-11-13-22(29)14-12-19)26(33)31-25(21-8-4-3-5-9-21)27(34)30-24(28(35)36-2)17-20-7-6-10-23(32)16-20/h6-7,10-14,16,18,21,24-25,32H,3-5,8-9,15,17H2,1-2H3,(H,30,34)(H,31,33)/t18-,24?,25-/m0/s1. The summed E-state index contributed by atoms with van der Waals surface area (Å²) >= 11 is 5.96. The minimum atomic E-state index is -0.946. The number of phenols is 1. The molecule has 1 fully saturated rings. The molecular formula is C28H35ClN2O5. The van der Waals surface area contributed by atoms with Gasteiger partial charge in [0.15, 0.2) is 0 Å². The van der Waals surface area contributed by atoms with Crippen LogP contribution in [0.3, 0.4) is 0 Å². The van der Waals surface area contributed by atoms with Crippen molar-refractivity contribution in [2.75, 3.05) is 7.11 Å². The molecule has 0 heterocycles. The highest BCUT2D eigenvalue weighted by molar-refractivity contribution is 6.30. The Morgan fingerprint density at radius 2 is 1.67 bits per heavy atom. The van der Waals surface area contributed by atoms with Gasteiger partial charge in [0, 0.05) is 17.4 Å². The zero-order valence-electron chi connectivity index (χ0n) is 20.8. The van der Waals surface area contributed by atoms with E-state index in [0.717, 1.165) is 37.7 Å². The van der Waals surface area contributed by atoms with E-state index in [9.17, 15) is 19.5 Å². The van der Waals surface area contributed by atoms with Crippen LogP contribution in [0.4, 0.5) is 0 Å². The molecule has 0 aromatic heterocycles. The number of hydrogen-bond acceptors (Lipinski definition) is 5. The van der Waals surface area contributed by atoms with E-state index in [1.165, 1.54) is 13.2 Å². The fraction of sp³-hybridized carbons (Fsp3) is 0.464. The molecule has 7 nitrogen and oxygen atoms in total. The van der Waals surface area contributed by atoms with E-state index in [1.54, 1.807) is 30.3 Å². The van der Waals surface area contributed by atoms with Crippen LogP contribution in [0.5, 0.6) is 5.75 Å². The van der Waals surface area contributed by atoms with Crippen molar-refractivity contribution >= 4 is 29.4 Å². The topological polar surface area (TPSA) is 105 Å². The maximum Gasteiger partial charge on any atom is 0.328 e. The van der Waals surface area contributed by atoms with Gasteiger partial charge in [-0.1, -0.05) is 62.1 Å². The molecule has 2 amide bonds.